The van der Waals surface area contributed by atoms with Crippen LogP contribution in [0.25, 0.3) is 10.9 Å². The van der Waals surface area contributed by atoms with Gasteiger partial charge in [-0.25, -0.2) is 4.98 Å². The molecule has 3 aromatic rings. The number of nitrogens with one attached hydrogen (secondary N) is 1. The fourth-order valence-electron chi connectivity index (χ4n) is 1.87. The van der Waals surface area contributed by atoms with Gasteiger partial charge in [0.25, 0.3) is 5.91 Å². The molecule has 3 aromatic heterocycles. The van der Waals surface area contributed by atoms with E-state index >= 15 is 0 Å². The van der Waals surface area contributed by atoms with E-state index in [9.17, 15) is 4.79 Å². The molecule has 98 valence electrons. The summed E-state index contributed by atoms with van der Waals surface area (Å²) in [5.41, 5.74) is 2.16. The SMILES string of the molecule is O=C(NCc1ccncc1)c1cc2cccnc2cn1. The molecule has 0 radical (unpaired) electrons. The van der Waals surface area contributed by atoms with Crippen LogP contribution in [-0.4, -0.2) is 20.9 Å². The number of hydrogen-bond acceptors (Lipinski definition) is 4. The van der Waals surface area contributed by atoms with Crippen molar-refractivity contribution in [2.24, 2.45) is 0 Å². The van der Waals surface area contributed by atoms with Crippen molar-refractivity contribution in [2.75, 3.05) is 0 Å². The monoisotopic (exact) mass is 264 g/mol. The van der Waals surface area contributed by atoms with Gasteiger partial charge in [-0.15, -0.1) is 0 Å². The summed E-state index contributed by atoms with van der Waals surface area (Å²) in [6.07, 6.45) is 6.70. The summed E-state index contributed by atoms with van der Waals surface area (Å²) < 4.78 is 0. The van der Waals surface area contributed by atoms with Gasteiger partial charge in [0.15, 0.2) is 0 Å². The average Bonchev–Trinajstić information content (AvgIpc) is 2.53. The first-order valence-electron chi connectivity index (χ1n) is 6.21. The van der Waals surface area contributed by atoms with E-state index in [0.29, 0.717) is 12.2 Å². The molecule has 0 atom stereocenters. The Morgan fingerprint density at radius 1 is 1.10 bits per heavy atom. The first kappa shape index (κ1) is 12.2. The van der Waals surface area contributed by atoms with Gasteiger partial charge in [0, 0.05) is 30.5 Å². The molecule has 1 amide bonds. The predicted octanol–water partition coefficient (Wildman–Crippen LogP) is 1.95. The van der Waals surface area contributed by atoms with Gasteiger partial charge in [0.05, 0.1) is 11.7 Å². The predicted molar refractivity (Wildman–Crippen MR) is 74.9 cm³/mol. The number of carbonyl (C=O) groups is 1. The third-order valence-electron chi connectivity index (χ3n) is 2.92. The first-order valence-corrected chi connectivity index (χ1v) is 6.21. The van der Waals surface area contributed by atoms with Crippen LogP contribution in [-0.2, 0) is 6.54 Å². The molecule has 0 aliphatic heterocycles. The van der Waals surface area contributed by atoms with Crippen molar-refractivity contribution in [1.82, 2.24) is 20.3 Å². The van der Waals surface area contributed by atoms with Crippen LogP contribution in [0.1, 0.15) is 16.1 Å². The van der Waals surface area contributed by atoms with Gasteiger partial charge in [-0.3, -0.25) is 14.8 Å². The highest BCUT2D eigenvalue weighted by Gasteiger charge is 2.07. The number of fused-ring (bicyclic) bond motifs is 1. The standard InChI is InChI=1S/C15H12N4O/c20-15(19-9-11-3-6-16-7-4-11)13-8-12-2-1-5-17-14(12)10-18-13/h1-8,10H,9H2,(H,19,20). The third-order valence-corrected chi connectivity index (χ3v) is 2.92. The van der Waals surface area contributed by atoms with Crippen molar-refractivity contribution >= 4 is 16.8 Å². The Morgan fingerprint density at radius 3 is 2.80 bits per heavy atom. The summed E-state index contributed by atoms with van der Waals surface area (Å²) >= 11 is 0. The summed E-state index contributed by atoms with van der Waals surface area (Å²) in [5, 5.41) is 3.73. The van der Waals surface area contributed by atoms with Gasteiger partial charge in [0.2, 0.25) is 0 Å². The lowest BCUT2D eigenvalue weighted by atomic mass is 10.2. The van der Waals surface area contributed by atoms with Gasteiger partial charge in [-0.05, 0) is 29.8 Å². The number of nitrogens with zero attached hydrogens (tertiary/aromatic N) is 3. The molecule has 5 heteroatoms. The molecule has 5 nitrogen and oxygen atoms in total. The lowest BCUT2D eigenvalue weighted by molar-refractivity contribution is 0.0946. The molecule has 3 rings (SSSR count). The Balaban J connectivity index is 1.75. The topological polar surface area (TPSA) is 67.8 Å². The van der Waals surface area contributed by atoms with E-state index in [2.05, 4.69) is 20.3 Å². The second-order valence-corrected chi connectivity index (χ2v) is 4.30. The molecular formula is C15H12N4O. The fourth-order valence-corrected chi connectivity index (χ4v) is 1.87. The maximum atomic E-state index is 12.1. The van der Waals surface area contributed by atoms with Gasteiger partial charge in [0.1, 0.15) is 5.69 Å². The zero-order valence-electron chi connectivity index (χ0n) is 10.7. The van der Waals surface area contributed by atoms with Crippen LogP contribution in [0.3, 0.4) is 0 Å². The van der Waals surface area contributed by atoms with Crippen LogP contribution in [0, 0.1) is 0 Å². The molecule has 1 N–H and O–H groups in total. The third kappa shape index (κ3) is 2.61. The van der Waals surface area contributed by atoms with Crippen LogP contribution in [0.4, 0.5) is 0 Å². The van der Waals surface area contributed by atoms with Crippen molar-refractivity contribution in [3.05, 3.63) is 66.4 Å². The maximum Gasteiger partial charge on any atom is 0.270 e. The van der Waals surface area contributed by atoms with E-state index in [1.807, 2.05) is 24.3 Å². The normalized spacial score (nSPS) is 10.4. The average molecular weight is 264 g/mol. The van der Waals surface area contributed by atoms with Gasteiger partial charge >= 0.3 is 0 Å². The molecule has 3 heterocycles. The maximum absolute atomic E-state index is 12.1. The first-order chi connectivity index (χ1) is 9.83. The highest BCUT2D eigenvalue weighted by atomic mass is 16.1. The molecule has 0 saturated carbocycles. The molecule has 0 bridgehead atoms. The Morgan fingerprint density at radius 2 is 1.95 bits per heavy atom. The van der Waals surface area contributed by atoms with Gasteiger partial charge in [-0.2, -0.15) is 0 Å². The van der Waals surface area contributed by atoms with Crippen LogP contribution in [0.15, 0.2) is 55.1 Å². The van der Waals surface area contributed by atoms with Gasteiger partial charge in [-0.1, -0.05) is 6.07 Å². The van der Waals surface area contributed by atoms with Gasteiger partial charge < -0.3 is 5.32 Å². The highest BCUT2D eigenvalue weighted by molar-refractivity contribution is 5.95. The lowest BCUT2D eigenvalue weighted by Gasteiger charge is -2.05. The van der Waals surface area contributed by atoms with E-state index in [4.69, 9.17) is 0 Å². The van der Waals surface area contributed by atoms with E-state index < -0.39 is 0 Å². The summed E-state index contributed by atoms with van der Waals surface area (Å²) in [5.74, 6) is -0.201. The summed E-state index contributed by atoms with van der Waals surface area (Å²) in [6.45, 7) is 0.452. The lowest BCUT2D eigenvalue weighted by Crippen LogP contribution is -2.23. The highest BCUT2D eigenvalue weighted by Crippen LogP contribution is 2.10. The van der Waals surface area contributed by atoms with Crippen molar-refractivity contribution in [1.29, 1.82) is 0 Å². The molecular weight excluding hydrogens is 252 g/mol. The van der Waals surface area contributed by atoms with E-state index in [1.54, 1.807) is 30.9 Å². The molecule has 0 fully saturated rings. The zero-order chi connectivity index (χ0) is 13.8. The van der Waals surface area contributed by atoms with E-state index in [0.717, 1.165) is 16.5 Å². The minimum absolute atomic E-state index is 0.201. The number of aromatic nitrogens is 3. The minimum Gasteiger partial charge on any atom is -0.347 e. The zero-order valence-corrected chi connectivity index (χ0v) is 10.7. The Hall–Kier alpha value is -2.82. The van der Waals surface area contributed by atoms with Crippen molar-refractivity contribution in [3.8, 4) is 0 Å². The Kier molecular flexibility index (Phi) is 3.33. The molecule has 0 saturated heterocycles. The molecule has 20 heavy (non-hydrogen) atoms. The molecule has 0 aliphatic rings. The smallest absolute Gasteiger partial charge is 0.270 e. The minimum atomic E-state index is -0.201. The fraction of sp³-hybridized carbons (Fsp3) is 0.0667. The van der Waals surface area contributed by atoms with Crippen LogP contribution in [0.2, 0.25) is 0 Å². The number of pyridine rings is 3. The molecule has 0 aliphatic carbocycles. The molecule has 0 unspecified atom stereocenters. The van der Waals surface area contributed by atoms with Crippen LogP contribution < -0.4 is 5.32 Å². The largest absolute Gasteiger partial charge is 0.347 e. The summed E-state index contributed by atoms with van der Waals surface area (Å²) in [4.78, 5) is 24.3. The van der Waals surface area contributed by atoms with Crippen LogP contribution in [0.5, 0.6) is 0 Å². The Labute approximate surface area is 115 Å². The number of rotatable bonds is 3. The number of hydrogen-bond donors (Lipinski definition) is 1. The van der Waals surface area contributed by atoms with E-state index in [1.165, 1.54) is 0 Å². The quantitative estimate of drug-likeness (QED) is 0.785. The Bertz CT molecular complexity index is 743. The number of amides is 1. The van der Waals surface area contributed by atoms with Crippen molar-refractivity contribution in [2.45, 2.75) is 6.54 Å². The van der Waals surface area contributed by atoms with Crippen molar-refractivity contribution in [3.63, 3.8) is 0 Å². The summed E-state index contributed by atoms with van der Waals surface area (Å²) in [6, 6.07) is 9.20. The molecule has 0 spiro atoms. The molecule has 0 aromatic carbocycles. The summed E-state index contributed by atoms with van der Waals surface area (Å²) in [7, 11) is 0. The second-order valence-electron chi connectivity index (χ2n) is 4.30. The van der Waals surface area contributed by atoms with Crippen LogP contribution >= 0.6 is 0 Å². The second kappa shape index (κ2) is 5.44. The number of carbonyl (C=O) groups excluding carboxylic acids is 1. The van der Waals surface area contributed by atoms with Crippen molar-refractivity contribution < 1.29 is 4.79 Å². The van der Waals surface area contributed by atoms with E-state index in [-0.39, 0.29) is 5.91 Å².